The van der Waals surface area contributed by atoms with E-state index in [2.05, 4.69) is 45.5 Å². The molecule has 2 saturated heterocycles. The highest BCUT2D eigenvalue weighted by Gasteiger charge is 2.40. The van der Waals surface area contributed by atoms with E-state index >= 15 is 0 Å². The quantitative estimate of drug-likeness (QED) is 0.763. The Kier molecular flexibility index (Phi) is 2.43. The molecule has 0 spiro atoms. The molecule has 2 aliphatic heterocycles. The van der Waals surface area contributed by atoms with Crippen molar-refractivity contribution in [3.05, 3.63) is 30.1 Å². The Hall–Kier alpha value is -0.190. The van der Waals surface area contributed by atoms with Crippen LogP contribution in [0.4, 0.5) is 0 Å². The number of rotatable bonds is 2. The highest BCUT2D eigenvalue weighted by atomic mass is 32.2. The van der Waals surface area contributed by atoms with E-state index in [1.807, 2.05) is 12.3 Å². The second-order valence-electron chi connectivity index (χ2n) is 3.57. The van der Waals surface area contributed by atoms with E-state index in [-0.39, 0.29) is 0 Å². The average Bonchev–Trinajstić information content (AvgIpc) is 2.80. The Bertz CT molecular complexity index is 297. The van der Waals surface area contributed by atoms with Crippen LogP contribution in [0, 0.1) is 0 Å². The molecule has 1 aromatic rings. The van der Waals surface area contributed by atoms with Gasteiger partial charge >= 0.3 is 0 Å². The van der Waals surface area contributed by atoms with E-state index in [1.165, 1.54) is 17.2 Å². The molecule has 14 heavy (non-hydrogen) atoms. The van der Waals surface area contributed by atoms with Crippen LogP contribution in [0.15, 0.2) is 24.4 Å². The second-order valence-corrected chi connectivity index (χ2v) is 5.99. The molecule has 2 atom stereocenters. The maximum atomic E-state index is 4.38. The van der Waals surface area contributed by atoms with Gasteiger partial charge < -0.3 is 0 Å². The van der Waals surface area contributed by atoms with Gasteiger partial charge in [-0.25, -0.2) is 0 Å². The van der Waals surface area contributed by atoms with Crippen molar-refractivity contribution in [2.45, 2.75) is 17.3 Å². The topological polar surface area (TPSA) is 16.1 Å². The van der Waals surface area contributed by atoms with Crippen LogP contribution in [0.1, 0.15) is 5.69 Å². The van der Waals surface area contributed by atoms with Gasteiger partial charge in [-0.3, -0.25) is 9.88 Å². The number of pyridine rings is 1. The molecule has 74 valence electrons. The summed E-state index contributed by atoms with van der Waals surface area (Å²) in [5.74, 6) is 2.59. The van der Waals surface area contributed by atoms with Crippen LogP contribution in [-0.2, 0) is 6.54 Å². The van der Waals surface area contributed by atoms with Gasteiger partial charge in [-0.15, -0.1) is 23.5 Å². The third kappa shape index (κ3) is 1.55. The summed E-state index contributed by atoms with van der Waals surface area (Å²) >= 11 is 4.19. The zero-order valence-electron chi connectivity index (χ0n) is 7.80. The third-order valence-electron chi connectivity index (χ3n) is 2.67. The van der Waals surface area contributed by atoms with Crippen LogP contribution < -0.4 is 0 Å². The van der Waals surface area contributed by atoms with Gasteiger partial charge in [0, 0.05) is 24.2 Å². The van der Waals surface area contributed by atoms with Crippen LogP contribution in [0.2, 0.25) is 0 Å². The standard InChI is InChI=1S/C10H12N2S2/c1-2-4-11-8(3-1)5-12-9-6-13-10(12)7-14-9/h1-4,9-10H,5-7H2. The van der Waals surface area contributed by atoms with Gasteiger partial charge in [0.05, 0.1) is 16.4 Å². The first-order valence-electron chi connectivity index (χ1n) is 4.82. The van der Waals surface area contributed by atoms with Crippen LogP contribution >= 0.6 is 23.5 Å². The number of fused-ring (bicyclic) bond motifs is 2. The first-order chi connectivity index (χ1) is 6.93. The van der Waals surface area contributed by atoms with E-state index in [9.17, 15) is 0 Å². The maximum absolute atomic E-state index is 4.38. The Balaban J connectivity index is 1.74. The minimum absolute atomic E-state index is 0.743. The molecule has 1 aromatic heterocycles. The fraction of sp³-hybridized carbons (Fsp3) is 0.500. The predicted octanol–water partition coefficient (Wildman–Crippen LogP) is 2.03. The van der Waals surface area contributed by atoms with Gasteiger partial charge in [0.2, 0.25) is 0 Å². The summed E-state index contributed by atoms with van der Waals surface area (Å²) in [5.41, 5.74) is 1.20. The zero-order valence-corrected chi connectivity index (χ0v) is 9.43. The smallest absolute Gasteiger partial charge is 0.0663 e. The van der Waals surface area contributed by atoms with E-state index in [0.29, 0.717) is 0 Å². The molecule has 2 nitrogen and oxygen atoms in total. The largest absolute Gasteiger partial charge is 0.272 e. The predicted molar refractivity (Wildman–Crippen MR) is 62.3 cm³/mol. The van der Waals surface area contributed by atoms with Crippen molar-refractivity contribution in [1.29, 1.82) is 0 Å². The first-order valence-corrected chi connectivity index (χ1v) is 6.92. The molecule has 0 aromatic carbocycles. The summed E-state index contributed by atoms with van der Waals surface area (Å²) in [6, 6.07) is 6.17. The molecular weight excluding hydrogens is 212 g/mol. The first kappa shape index (κ1) is 9.07. The SMILES string of the molecule is c1ccc(CN2C3CSC2CS3)nc1. The van der Waals surface area contributed by atoms with Crippen LogP contribution in [-0.4, -0.2) is 32.1 Å². The number of nitrogens with zero attached hydrogens (tertiary/aromatic N) is 2. The second kappa shape index (κ2) is 3.76. The molecule has 0 saturated carbocycles. The molecule has 2 aliphatic rings. The molecular formula is C10H12N2S2. The molecule has 2 bridgehead atoms. The Labute approximate surface area is 92.5 Å². The summed E-state index contributed by atoms with van der Waals surface area (Å²) in [6.07, 6.45) is 1.88. The molecule has 0 radical (unpaired) electrons. The molecule has 0 N–H and O–H groups in total. The van der Waals surface area contributed by atoms with Crippen molar-refractivity contribution in [2.24, 2.45) is 0 Å². The van der Waals surface area contributed by atoms with Crippen molar-refractivity contribution >= 4 is 23.5 Å². The molecule has 0 aliphatic carbocycles. The summed E-state index contributed by atoms with van der Waals surface area (Å²) in [5, 5.41) is 1.49. The summed E-state index contributed by atoms with van der Waals surface area (Å²) in [6.45, 7) is 1.02. The fourth-order valence-electron chi connectivity index (χ4n) is 1.93. The summed E-state index contributed by atoms with van der Waals surface area (Å²) in [7, 11) is 0. The van der Waals surface area contributed by atoms with Gasteiger partial charge in [-0.05, 0) is 12.1 Å². The third-order valence-corrected chi connectivity index (χ3v) is 5.76. The minimum atomic E-state index is 0.743. The van der Waals surface area contributed by atoms with Gasteiger partial charge in [0.25, 0.3) is 0 Å². The lowest BCUT2D eigenvalue weighted by Gasteiger charge is -2.18. The summed E-state index contributed by atoms with van der Waals surface area (Å²) in [4.78, 5) is 6.96. The van der Waals surface area contributed by atoms with Crippen molar-refractivity contribution in [1.82, 2.24) is 9.88 Å². The number of hydrogen-bond acceptors (Lipinski definition) is 4. The van der Waals surface area contributed by atoms with Crippen LogP contribution in [0.25, 0.3) is 0 Å². The number of hydrogen-bond donors (Lipinski definition) is 0. The lowest BCUT2D eigenvalue weighted by Crippen LogP contribution is -2.28. The Morgan fingerprint density at radius 3 is 2.64 bits per heavy atom. The van der Waals surface area contributed by atoms with Crippen molar-refractivity contribution in [3.63, 3.8) is 0 Å². The van der Waals surface area contributed by atoms with Gasteiger partial charge in [0.15, 0.2) is 0 Å². The molecule has 2 fully saturated rings. The van der Waals surface area contributed by atoms with Crippen LogP contribution in [0.5, 0.6) is 0 Å². The Morgan fingerprint density at radius 2 is 2.07 bits per heavy atom. The van der Waals surface area contributed by atoms with Crippen molar-refractivity contribution in [2.75, 3.05) is 11.5 Å². The number of thioether (sulfide) groups is 2. The Morgan fingerprint density at radius 1 is 1.29 bits per heavy atom. The highest BCUT2D eigenvalue weighted by Crippen LogP contribution is 2.44. The molecule has 2 unspecified atom stereocenters. The lowest BCUT2D eigenvalue weighted by molar-refractivity contribution is 0.285. The molecule has 3 rings (SSSR count). The molecule has 4 heteroatoms. The molecule has 0 amide bonds. The monoisotopic (exact) mass is 224 g/mol. The maximum Gasteiger partial charge on any atom is 0.0663 e. The van der Waals surface area contributed by atoms with E-state index in [4.69, 9.17) is 0 Å². The highest BCUT2D eigenvalue weighted by molar-refractivity contribution is 8.07. The van der Waals surface area contributed by atoms with E-state index < -0.39 is 0 Å². The van der Waals surface area contributed by atoms with Gasteiger partial charge in [-0.2, -0.15) is 0 Å². The minimum Gasteiger partial charge on any atom is -0.272 e. The van der Waals surface area contributed by atoms with Gasteiger partial charge in [-0.1, -0.05) is 6.07 Å². The van der Waals surface area contributed by atoms with E-state index in [1.54, 1.807) is 0 Å². The lowest BCUT2D eigenvalue weighted by atomic mass is 10.3. The normalized spacial score (nSPS) is 31.1. The fourth-order valence-corrected chi connectivity index (χ4v) is 5.23. The van der Waals surface area contributed by atoms with Crippen LogP contribution in [0.3, 0.4) is 0 Å². The average molecular weight is 224 g/mol. The van der Waals surface area contributed by atoms with Crippen molar-refractivity contribution in [3.8, 4) is 0 Å². The van der Waals surface area contributed by atoms with Crippen molar-refractivity contribution < 1.29 is 0 Å². The number of aromatic nitrogens is 1. The van der Waals surface area contributed by atoms with Gasteiger partial charge in [0.1, 0.15) is 0 Å². The zero-order chi connectivity index (χ0) is 9.38. The molecule has 3 heterocycles. The summed E-state index contributed by atoms with van der Waals surface area (Å²) < 4.78 is 0. The van der Waals surface area contributed by atoms with E-state index in [0.717, 1.165) is 17.3 Å².